The highest BCUT2D eigenvalue weighted by molar-refractivity contribution is 9.10. The van der Waals surface area contributed by atoms with Crippen molar-refractivity contribution in [2.75, 3.05) is 6.61 Å². The number of hydrogen-bond donors (Lipinski definition) is 1. The van der Waals surface area contributed by atoms with Crippen molar-refractivity contribution < 1.29 is 9.53 Å². The Bertz CT molecular complexity index is 1450. The van der Waals surface area contributed by atoms with Crippen molar-refractivity contribution in [3.8, 4) is 5.75 Å². The van der Waals surface area contributed by atoms with Gasteiger partial charge in [-0.25, -0.2) is 4.98 Å². The van der Waals surface area contributed by atoms with Crippen molar-refractivity contribution in [1.29, 1.82) is 0 Å². The third-order valence-electron chi connectivity index (χ3n) is 5.49. The molecule has 0 aliphatic rings. The molecule has 0 radical (unpaired) electrons. The first-order valence-corrected chi connectivity index (χ1v) is 11.4. The van der Waals surface area contributed by atoms with Crippen LogP contribution in [0.4, 0.5) is 0 Å². The second-order valence-electron chi connectivity index (χ2n) is 7.76. The van der Waals surface area contributed by atoms with Crippen LogP contribution in [0.3, 0.4) is 0 Å². The van der Waals surface area contributed by atoms with E-state index in [1.54, 1.807) is 18.3 Å². The molecule has 0 saturated carbocycles. The summed E-state index contributed by atoms with van der Waals surface area (Å²) in [5.74, 6) is 0.464. The van der Waals surface area contributed by atoms with Crippen LogP contribution in [0.2, 0.25) is 0 Å². The number of amides is 1. The second kappa shape index (κ2) is 9.54. The minimum absolute atomic E-state index is 0.0148. The van der Waals surface area contributed by atoms with E-state index in [0.29, 0.717) is 28.0 Å². The Morgan fingerprint density at radius 3 is 2.76 bits per heavy atom. The fourth-order valence-electron chi connectivity index (χ4n) is 3.58. The summed E-state index contributed by atoms with van der Waals surface area (Å²) in [6.07, 6.45) is 2.38. The van der Waals surface area contributed by atoms with Gasteiger partial charge < -0.3 is 10.5 Å². The van der Waals surface area contributed by atoms with Gasteiger partial charge in [0.2, 0.25) is 0 Å². The summed E-state index contributed by atoms with van der Waals surface area (Å²) in [6, 6.07) is 16.8. The molecule has 0 saturated heterocycles. The Labute approximate surface area is 199 Å². The van der Waals surface area contributed by atoms with Crippen molar-refractivity contribution in [2.24, 2.45) is 10.8 Å². The molecule has 0 fully saturated rings. The molecular formula is C25H23BrN4O3. The van der Waals surface area contributed by atoms with E-state index in [2.05, 4.69) is 21.0 Å². The molecule has 0 aliphatic heterocycles. The number of primary amides is 1. The lowest BCUT2D eigenvalue weighted by Gasteiger charge is -2.15. The summed E-state index contributed by atoms with van der Waals surface area (Å²) in [6.45, 7) is 3.79. The van der Waals surface area contributed by atoms with Gasteiger partial charge in [0.05, 0.1) is 17.1 Å². The van der Waals surface area contributed by atoms with E-state index in [0.717, 1.165) is 21.7 Å². The molecule has 1 aromatic heterocycles. The third kappa shape index (κ3) is 4.66. The first kappa shape index (κ1) is 22.7. The Morgan fingerprint density at radius 2 is 2.00 bits per heavy atom. The number of fused-ring (bicyclic) bond motifs is 2. The number of hydrogen-bond acceptors (Lipinski definition) is 5. The van der Waals surface area contributed by atoms with Crippen LogP contribution in [-0.4, -0.2) is 28.4 Å². The lowest BCUT2D eigenvalue weighted by Crippen LogP contribution is -2.24. The molecule has 0 spiro atoms. The maximum absolute atomic E-state index is 13.4. The molecule has 2 N–H and O–H groups in total. The second-order valence-corrected chi connectivity index (χ2v) is 8.67. The number of nitrogens with zero attached hydrogens (tertiary/aromatic N) is 3. The van der Waals surface area contributed by atoms with Gasteiger partial charge >= 0.3 is 0 Å². The van der Waals surface area contributed by atoms with Gasteiger partial charge in [0.1, 0.15) is 11.6 Å². The standard InChI is InChI=1S/C25H23BrN4O3/c1-3-15(2)24-29-21-10-9-17(26)12-19(21)25(32)30(24)28-13-20-18-7-5-4-6-16(18)8-11-22(20)33-14-23(27)31/h4-13,15H,3,14H2,1-2H3,(H2,27,31)/t15-/m1/s1. The highest BCUT2D eigenvalue weighted by atomic mass is 79.9. The molecule has 168 valence electrons. The molecule has 0 aliphatic carbocycles. The molecule has 0 unspecified atom stereocenters. The molecule has 4 rings (SSSR count). The number of aromatic nitrogens is 2. The first-order chi connectivity index (χ1) is 15.9. The van der Waals surface area contributed by atoms with Crippen LogP contribution >= 0.6 is 15.9 Å². The Morgan fingerprint density at radius 1 is 1.21 bits per heavy atom. The van der Waals surface area contributed by atoms with Gasteiger partial charge in [0, 0.05) is 16.0 Å². The first-order valence-electron chi connectivity index (χ1n) is 10.6. The summed E-state index contributed by atoms with van der Waals surface area (Å²) in [7, 11) is 0. The fraction of sp³-hybridized carbons (Fsp3) is 0.200. The molecule has 4 aromatic rings. The van der Waals surface area contributed by atoms with Crippen LogP contribution in [0, 0.1) is 0 Å². The zero-order chi connectivity index (χ0) is 23.5. The summed E-state index contributed by atoms with van der Waals surface area (Å²) >= 11 is 3.42. The average molecular weight is 507 g/mol. The van der Waals surface area contributed by atoms with Gasteiger partial charge in [-0.3, -0.25) is 9.59 Å². The van der Waals surface area contributed by atoms with Crippen LogP contribution in [0.1, 0.15) is 37.6 Å². The third-order valence-corrected chi connectivity index (χ3v) is 5.98. The molecule has 0 bridgehead atoms. The van der Waals surface area contributed by atoms with Crippen LogP contribution in [-0.2, 0) is 4.79 Å². The molecule has 33 heavy (non-hydrogen) atoms. The highest BCUT2D eigenvalue weighted by Crippen LogP contribution is 2.27. The number of halogens is 1. The normalized spacial score (nSPS) is 12.5. The monoisotopic (exact) mass is 506 g/mol. The van der Waals surface area contributed by atoms with Gasteiger partial charge in [-0.2, -0.15) is 9.78 Å². The number of ether oxygens (including phenoxy) is 1. The number of carbonyl (C=O) groups excluding carboxylic acids is 1. The minimum Gasteiger partial charge on any atom is -0.483 e. The van der Waals surface area contributed by atoms with E-state index in [1.165, 1.54) is 4.68 Å². The molecule has 1 amide bonds. The number of nitrogens with two attached hydrogens (primary N) is 1. The van der Waals surface area contributed by atoms with Crippen molar-refractivity contribution in [3.05, 3.63) is 80.8 Å². The predicted octanol–water partition coefficient (Wildman–Crippen LogP) is 4.57. The Balaban J connectivity index is 1.92. The van der Waals surface area contributed by atoms with Gasteiger partial charge in [-0.15, -0.1) is 0 Å². The maximum atomic E-state index is 13.4. The van der Waals surface area contributed by atoms with Gasteiger partial charge in [0.25, 0.3) is 11.5 Å². The topological polar surface area (TPSA) is 99.6 Å². The van der Waals surface area contributed by atoms with Crippen molar-refractivity contribution in [2.45, 2.75) is 26.2 Å². The summed E-state index contributed by atoms with van der Waals surface area (Å²) in [5.41, 5.74) is 6.28. The van der Waals surface area contributed by atoms with E-state index >= 15 is 0 Å². The lowest BCUT2D eigenvalue weighted by atomic mass is 10.0. The lowest BCUT2D eigenvalue weighted by molar-refractivity contribution is -0.119. The maximum Gasteiger partial charge on any atom is 0.282 e. The van der Waals surface area contributed by atoms with Crippen molar-refractivity contribution in [1.82, 2.24) is 9.66 Å². The predicted molar refractivity (Wildman–Crippen MR) is 134 cm³/mol. The zero-order valence-electron chi connectivity index (χ0n) is 18.3. The van der Waals surface area contributed by atoms with E-state index in [9.17, 15) is 9.59 Å². The summed E-state index contributed by atoms with van der Waals surface area (Å²) in [5, 5.41) is 6.88. The Hall–Kier alpha value is -3.52. The molecular weight excluding hydrogens is 484 g/mol. The molecule has 1 atom stereocenters. The molecule has 8 heteroatoms. The SMILES string of the molecule is CC[C@@H](C)c1nc2ccc(Br)cc2c(=O)n1N=Cc1c(OCC(N)=O)ccc2ccccc12. The van der Waals surface area contributed by atoms with E-state index in [1.807, 2.05) is 56.3 Å². The largest absolute Gasteiger partial charge is 0.483 e. The molecule has 7 nitrogen and oxygen atoms in total. The quantitative estimate of drug-likeness (QED) is 0.371. The number of benzene rings is 3. The summed E-state index contributed by atoms with van der Waals surface area (Å²) in [4.78, 5) is 29.4. The van der Waals surface area contributed by atoms with Crippen LogP contribution in [0.5, 0.6) is 5.75 Å². The van der Waals surface area contributed by atoms with Gasteiger partial charge in [0.15, 0.2) is 6.61 Å². The summed E-state index contributed by atoms with van der Waals surface area (Å²) < 4.78 is 7.77. The average Bonchev–Trinajstić information content (AvgIpc) is 2.82. The zero-order valence-corrected chi connectivity index (χ0v) is 19.9. The van der Waals surface area contributed by atoms with E-state index in [-0.39, 0.29) is 18.1 Å². The molecule has 3 aromatic carbocycles. The van der Waals surface area contributed by atoms with E-state index < -0.39 is 5.91 Å². The minimum atomic E-state index is -0.578. The smallest absolute Gasteiger partial charge is 0.282 e. The Kier molecular flexibility index (Phi) is 6.55. The van der Waals surface area contributed by atoms with E-state index in [4.69, 9.17) is 15.5 Å². The van der Waals surface area contributed by atoms with Gasteiger partial charge in [-0.1, -0.05) is 60.1 Å². The number of carbonyl (C=O) groups is 1. The van der Waals surface area contributed by atoms with Gasteiger partial charge in [-0.05, 0) is 41.5 Å². The number of rotatable bonds is 7. The highest BCUT2D eigenvalue weighted by Gasteiger charge is 2.16. The van der Waals surface area contributed by atoms with Crippen LogP contribution < -0.4 is 16.0 Å². The fourth-order valence-corrected chi connectivity index (χ4v) is 3.94. The molecule has 1 heterocycles. The van der Waals surface area contributed by atoms with Crippen molar-refractivity contribution in [3.63, 3.8) is 0 Å². The van der Waals surface area contributed by atoms with Crippen LogP contribution in [0.15, 0.2) is 69.0 Å². The van der Waals surface area contributed by atoms with Crippen LogP contribution in [0.25, 0.3) is 21.7 Å². The van der Waals surface area contributed by atoms with Crippen molar-refractivity contribution >= 4 is 49.7 Å².